The van der Waals surface area contributed by atoms with Crippen LogP contribution in [0.5, 0.6) is 0 Å². The zero-order valence-corrected chi connectivity index (χ0v) is 12.9. The molecule has 1 aromatic heterocycles. The molecule has 1 heterocycles. The van der Waals surface area contributed by atoms with Crippen molar-refractivity contribution in [3.63, 3.8) is 0 Å². The summed E-state index contributed by atoms with van der Waals surface area (Å²) >= 11 is 0. The number of hydrogen-bond acceptors (Lipinski definition) is 3. The topological polar surface area (TPSA) is 57.8 Å². The summed E-state index contributed by atoms with van der Waals surface area (Å²) in [4.78, 5) is 18.8. The van der Waals surface area contributed by atoms with Gasteiger partial charge in [-0.3, -0.25) is 9.78 Å². The van der Waals surface area contributed by atoms with Crippen LogP contribution in [0.3, 0.4) is 0 Å². The fraction of sp³-hybridized carbons (Fsp3) is 0.111. The van der Waals surface area contributed by atoms with Crippen molar-refractivity contribution in [2.24, 2.45) is 0 Å². The Morgan fingerprint density at radius 1 is 1.00 bits per heavy atom. The molecule has 0 bridgehead atoms. The van der Waals surface area contributed by atoms with Crippen molar-refractivity contribution in [3.05, 3.63) is 75.8 Å². The summed E-state index contributed by atoms with van der Waals surface area (Å²) in [5.41, 5.74) is 3.36. The first-order valence-corrected chi connectivity index (χ1v) is 7.23. The van der Waals surface area contributed by atoms with Gasteiger partial charge in [-0.15, -0.1) is 0 Å². The minimum absolute atomic E-state index is 0.206. The largest absolute Gasteiger partial charge is 0.323 e. The summed E-state index contributed by atoms with van der Waals surface area (Å²) in [5, 5.41) is 2.83. The van der Waals surface area contributed by atoms with Crippen molar-refractivity contribution >= 4 is 11.6 Å². The molecule has 0 saturated heterocycles. The van der Waals surface area contributed by atoms with Gasteiger partial charge in [-0.25, -0.2) is 9.37 Å². The van der Waals surface area contributed by atoms with Gasteiger partial charge in [0, 0.05) is 11.6 Å². The zero-order valence-electron chi connectivity index (χ0n) is 12.9. The van der Waals surface area contributed by atoms with E-state index in [1.165, 1.54) is 12.1 Å². The molecule has 0 fully saturated rings. The summed E-state index contributed by atoms with van der Waals surface area (Å²) in [6.45, 7) is 3.85. The van der Waals surface area contributed by atoms with Gasteiger partial charge in [0.05, 0.1) is 11.4 Å². The molecule has 5 heteroatoms. The van der Waals surface area contributed by atoms with Crippen LogP contribution in [0.4, 0.5) is 16.0 Å². The van der Waals surface area contributed by atoms with Crippen molar-refractivity contribution < 1.29 is 4.39 Å². The molecule has 116 valence electrons. The number of H-pyrrole nitrogens is 1. The van der Waals surface area contributed by atoms with Crippen molar-refractivity contribution in [2.45, 2.75) is 13.8 Å². The number of aryl methyl sites for hydroxylation is 2. The summed E-state index contributed by atoms with van der Waals surface area (Å²) < 4.78 is 13.8. The second-order valence-electron chi connectivity index (χ2n) is 5.45. The Hall–Kier alpha value is -2.95. The van der Waals surface area contributed by atoms with Crippen molar-refractivity contribution in [2.75, 3.05) is 5.32 Å². The lowest BCUT2D eigenvalue weighted by molar-refractivity contribution is 0.631. The van der Waals surface area contributed by atoms with Gasteiger partial charge in [-0.1, -0.05) is 35.9 Å². The number of rotatable bonds is 3. The standard InChI is InChI=1S/C18H16FN3O/c1-11-3-6-13(7-4-11)15-10-17(23)22-18(20-15)21-16-9-12(2)5-8-14(16)19/h3-10H,1-2H3,(H2,20,21,22,23). The van der Waals surface area contributed by atoms with Crippen LogP contribution in [0.2, 0.25) is 0 Å². The number of aromatic nitrogens is 2. The molecule has 23 heavy (non-hydrogen) atoms. The molecule has 0 unspecified atom stereocenters. The third kappa shape index (κ3) is 3.45. The molecule has 3 aromatic rings. The molecule has 0 saturated carbocycles. The van der Waals surface area contributed by atoms with E-state index in [1.807, 2.05) is 38.1 Å². The maximum absolute atomic E-state index is 13.8. The van der Waals surface area contributed by atoms with Crippen LogP contribution in [-0.4, -0.2) is 9.97 Å². The Bertz CT molecular complexity index is 901. The number of hydrogen-bond donors (Lipinski definition) is 2. The normalized spacial score (nSPS) is 10.6. The van der Waals surface area contributed by atoms with Gasteiger partial charge in [0.1, 0.15) is 5.82 Å². The predicted molar refractivity (Wildman–Crippen MR) is 89.5 cm³/mol. The van der Waals surface area contributed by atoms with E-state index in [-0.39, 0.29) is 17.2 Å². The maximum Gasteiger partial charge on any atom is 0.252 e. The second kappa shape index (κ2) is 6.04. The zero-order chi connectivity index (χ0) is 16.4. The lowest BCUT2D eigenvalue weighted by atomic mass is 10.1. The fourth-order valence-corrected chi connectivity index (χ4v) is 2.25. The number of aromatic amines is 1. The van der Waals surface area contributed by atoms with E-state index in [1.54, 1.807) is 12.1 Å². The molecular weight excluding hydrogens is 293 g/mol. The maximum atomic E-state index is 13.8. The van der Waals surface area contributed by atoms with Crippen LogP contribution in [0, 0.1) is 19.7 Å². The Balaban J connectivity index is 1.99. The van der Waals surface area contributed by atoms with Crippen molar-refractivity contribution in [1.82, 2.24) is 9.97 Å². The van der Waals surface area contributed by atoms with E-state index in [2.05, 4.69) is 15.3 Å². The third-order valence-electron chi connectivity index (χ3n) is 3.46. The summed E-state index contributed by atoms with van der Waals surface area (Å²) in [7, 11) is 0. The second-order valence-corrected chi connectivity index (χ2v) is 5.45. The molecule has 3 rings (SSSR count). The van der Waals surface area contributed by atoms with Crippen LogP contribution in [0.15, 0.2) is 53.3 Å². The molecule has 0 radical (unpaired) electrons. The highest BCUT2D eigenvalue weighted by atomic mass is 19.1. The quantitative estimate of drug-likeness (QED) is 0.770. The molecule has 0 aliphatic rings. The van der Waals surface area contributed by atoms with Crippen LogP contribution in [0.25, 0.3) is 11.3 Å². The molecule has 0 amide bonds. The Morgan fingerprint density at radius 3 is 2.43 bits per heavy atom. The molecule has 2 N–H and O–H groups in total. The van der Waals surface area contributed by atoms with Crippen LogP contribution < -0.4 is 10.9 Å². The van der Waals surface area contributed by atoms with Gasteiger partial charge in [0.15, 0.2) is 0 Å². The van der Waals surface area contributed by atoms with E-state index in [4.69, 9.17) is 0 Å². The SMILES string of the molecule is Cc1ccc(-c2cc(=O)[nH]c(Nc3cc(C)ccc3F)n2)cc1. The number of anilines is 2. The number of halogens is 1. The van der Waals surface area contributed by atoms with Crippen molar-refractivity contribution in [3.8, 4) is 11.3 Å². The number of nitrogens with zero attached hydrogens (tertiary/aromatic N) is 1. The average molecular weight is 309 g/mol. The van der Waals surface area contributed by atoms with E-state index in [0.717, 1.165) is 16.7 Å². The Labute approximate surface area is 133 Å². The third-order valence-corrected chi connectivity index (χ3v) is 3.46. The smallest absolute Gasteiger partial charge is 0.252 e. The molecule has 4 nitrogen and oxygen atoms in total. The fourth-order valence-electron chi connectivity index (χ4n) is 2.25. The molecule has 0 aliphatic carbocycles. The highest BCUT2D eigenvalue weighted by Gasteiger charge is 2.07. The first-order chi connectivity index (χ1) is 11.0. The lowest BCUT2D eigenvalue weighted by Crippen LogP contribution is -2.11. The van der Waals surface area contributed by atoms with Gasteiger partial charge >= 0.3 is 0 Å². The molecule has 0 atom stereocenters. The predicted octanol–water partition coefficient (Wildman–Crippen LogP) is 3.94. The van der Waals surface area contributed by atoms with Crippen LogP contribution in [0.1, 0.15) is 11.1 Å². The number of nitrogens with one attached hydrogen (secondary N) is 2. The molecule has 0 aliphatic heterocycles. The van der Waals surface area contributed by atoms with Gasteiger partial charge in [-0.2, -0.15) is 0 Å². The van der Waals surface area contributed by atoms with E-state index < -0.39 is 5.82 Å². The highest BCUT2D eigenvalue weighted by molar-refractivity contribution is 5.62. The minimum Gasteiger partial charge on any atom is -0.323 e. The summed E-state index contributed by atoms with van der Waals surface area (Å²) in [6, 6.07) is 13.8. The number of benzene rings is 2. The van der Waals surface area contributed by atoms with Crippen LogP contribution in [-0.2, 0) is 0 Å². The van der Waals surface area contributed by atoms with Crippen molar-refractivity contribution in [1.29, 1.82) is 0 Å². The monoisotopic (exact) mass is 309 g/mol. The van der Waals surface area contributed by atoms with E-state index in [9.17, 15) is 9.18 Å². The average Bonchev–Trinajstić information content (AvgIpc) is 2.51. The lowest BCUT2D eigenvalue weighted by Gasteiger charge is -2.09. The van der Waals surface area contributed by atoms with Gasteiger partial charge < -0.3 is 5.32 Å². The molecule has 0 spiro atoms. The van der Waals surface area contributed by atoms with Gasteiger partial charge in [0.2, 0.25) is 5.95 Å². The summed E-state index contributed by atoms with van der Waals surface area (Å²) in [6.07, 6.45) is 0. The Kier molecular flexibility index (Phi) is 3.93. The first-order valence-electron chi connectivity index (χ1n) is 7.23. The molecule has 2 aromatic carbocycles. The van der Waals surface area contributed by atoms with Gasteiger partial charge in [0.25, 0.3) is 5.56 Å². The van der Waals surface area contributed by atoms with Crippen LogP contribution >= 0.6 is 0 Å². The summed E-state index contributed by atoms with van der Waals surface area (Å²) in [5.74, 6) is -0.198. The van der Waals surface area contributed by atoms with Gasteiger partial charge in [-0.05, 0) is 31.5 Å². The molecular formula is C18H16FN3O. The van der Waals surface area contributed by atoms with E-state index >= 15 is 0 Å². The first kappa shape index (κ1) is 15.0. The van der Waals surface area contributed by atoms with E-state index in [0.29, 0.717) is 5.69 Å². The highest BCUT2D eigenvalue weighted by Crippen LogP contribution is 2.21. The Morgan fingerprint density at radius 2 is 1.70 bits per heavy atom. The minimum atomic E-state index is -0.404.